The standard InChI is InChI=1S/C13H17NO3/c1-9(15)6-7-17-11-3-4-12-10(8-11)2-5-13(16)14-12/h3-4,8-9,15H,2,5-7H2,1H3,(H,14,16). The molecule has 0 spiro atoms. The second-order valence-corrected chi connectivity index (χ2v) is 4.35. The molecule has 4 heteroatoms. The summed E-state index contributed by atoms with van der Waals surface area (Å²) >= 11 is 0. The van der Waals surface area contributed by atoms with Crippen LogP contribution in [0.2, 0.25) is 0 Å². The fourth-order valence-electron chi connectivity index (χ4n) is 1.80. The number of aryl methyl sites for hydroxylation is 1. The van der Waals surface area contributed by atoms with Gasteiger partial charge >= 0.3 is 0 Å². The van der Waals surface area contributed by atoms with Gasteiger partial charge in [-0.1, -0.05) is 0 Å². The first-order valence-electron chi connectivity index (χ1n) is 5.89. The first kappa shape index (κ1) is 11.9. The molecular formula is C13H17NO3. The molecule has 0 aliphatic carbocycles. The largest absolute Gasteiger partial charge is 0.493 e. The molecule has 0 radical (unpaired) electrons. The van der Waals surface area contributed by atoms with Crippen molar-refractivity contribution in [3.63, 3.8) is 0 Å². The highest BCUT2D eigenvalue weighted by molar-refractivity contribution is 5.93. The van der Waals surface area contributed by atoms with Crippen molar-refractivity contribution >= 4 is 11.6 Å². The summed E-state index contributed by atoms with van der Waals surface area (Å²) in [5.74, 6) is 0.862. The van der Waals surface area contributed by atoms with E-state index in [-0.39, 0.29) is 12.0 Å². The minimum Gasteiger partial charge on any atom is -0.493 e. The molecule has 0 saturated carbocycles. The number of amides is 1. The lowest BCUT2D eigenvalue weighted by molar-refractivity contribution is -0.116. The van der Waals surface area contributed by atoms with Crippen LogP contribution in [0.3, 0.4) is 0 Å². The molecule has 1 aromatic rings. The van der Waals surface area contributed by atoms with E-state index < -0.39 is 0 Å². The van der Waals surface area contributed by atoms with Crippen LogP contribution in [0, 0.1) is 0 Å². The lowest BCUT2D eigenvalue weighted by Gasteiger charge is -2.17. The van der Waals surface area contributed by atoms with Crippen molar-refractivity contribution in [3.8, 4) is 5.75 Å². The maximum Gasteiger partial charge on any atom is 0.224 e. The predicted octanol–water partition coefficient (Wildman–Crippen LogP) is 1.72. The van der Waals surface area contributed by atoms with Gasteiger partial charge in [-0.25, -0.2) is 0 Å². The molecule has 1 heterocycles. The molecule has 0 bridgehead atoms. The summed E-state index contributed by atoms with van der Waals surface area (Å²) in [5.41, 5.74) is 1.99. The summed E-state index contributed by atoms with van der Waals surface area (Å²) in [5, 5.41) is 12.0. The Hall–Kier alpha value is -1.55. The molecule has 1 amide bonds. The van der Waals surface area contributed by atoms with Gasteiger partial charge in [0.25, 0.3) is 0 Å². The topological polar surface area (TPSA) is 58.6 Å². The number of carbonyl (C=O) groups is 1. The zero-order valence-electron chi connectivity index (χ0n) is 9.90. The van der Waals surface area contributed by atoms with Crippen LogP contribution in [0.15, 0.2) is 18.2 Å². The molecule has 1 aliphatic heterocycles. The highest BCUT2D eigenvalue weighted by Gasteiger charge is 2.14. The Kier molecular flexibility index (Phi) is 3.64. The van der Waals surface area contributed by atoms with Gasteiger partial charge in [0.2, 0.25) is 5.91 Å². The lowest BCUT2D eigenvalue weighted by Crippen LogP contribution is -2.18. The normalized spacial score (nSPS) is 16.0. The summed E-state index contributed by atoms with van der Waals surface area (Å²) < 4.78 is 5.54. The maximum absolute atomic E-state index is 11.2. The predicted molar refractivity (Wildman–Crippen MR) is 65.2 cm³/mol. The highest BCUT2D eigenvalue weighted by Crippen LogP contribution is 2.26. The second-order valence-electron chi connectivity index (χ2n) is 4.35. The number of nitrogens with one attached hydrogen (secondary N) is 1. The number of carbonyl (C=O) groups excluding carboxylic acids is 1. The van der Waals surface area contributed by atoms with E-state index in [4.69, 9.17) is 9.84 Å². The van der Waals surface area contributed by atoms with Crippen LogP contribution in [0.5, 0.6) is 5.75 Å². The van der Waals surface area contributed by atoms with Gasteiger partial charge in [0.05, 0.1) is 12.7 Å². The highest BCUT2D eigenvalue weighted by atomic mass is 16.5. The number of fused-ring (bicyclic) bond motifs is 1. The van der Waals surface area contributed by atoms with Crippen LogP contribution in [0.25, 0.3) is 0 Å². The van der Waals surface area contributed by atoms with Crippen LogP contribution >= 0.6 is 0 Å². The van der Waals surface area contributed by atoms with E-state index in [9.17, 15) is 4.79 Å². The van der Waals surface area contributed by atoms with Gasteiger partial charge in [0, 0.05) is 18.5 Å². The van der Waals surface area contributed by atoms with Gasteiger partial charge in [-0.05, 0) is 37.1 Å². The average Bonchev–Trinajstić information content (AvgIpc) is 2.29. The average molecular weight is 235 g/mol. The number of hydrogen-bond donors (Lipinski definition) is 2. The monoisotopic (exact) mass is 235 g/mol. The molecule has 92 valence electrons. The quantitative estimate of drug-likeness (QED) is 0.835. The second kappa shape index (κ2) is 5.19. The number of rotatable bonds is 4. The van der Waals surface area contributed by atoms with Crippen LogP contribution < -0.4 is 10.1 Å². The van der Waals surface area contributed by atoms with E-state index in [0.29, 0.717) is 19.4 Å². The Balaban J connectivity index is 1.99. The van der Waals surface area contributed by atoms with Gasteiger partial charge in [-0.2, -0.15) is 0 Å². The van der Waals surface area contributed by atoms with E-state index in [0.717, 1.165) is 23.4 Å². The fourth-order valence-corrected chi connectivity index (χ4v) is 1.80. The van der Waals surface area contributed by atoms with Gasteiger partial charge in [0.1, 0.15) is 5.75 Å². The van der Waals surface area contributed by atoms with Gasteiger partial charge in [0.15, 0.2) is 0 Å². The third-order valence-corrected chi connectivity index (χ3v) is 2.78. The van der Waals surface area contributed by atoms with Crippen molar-refractivity contribution in [2.45, 2.75) is 32.3 Å². The number of anilines is 1. The van der Waals surface area contributed by atoms with Crippen molar-refractivity contribution in [2.24, 2.45) is 0 Å². The van der Waals surface area contributed by atoms with Crippen LogP contribution in [0.1, 0.15) is 25.3 Å². The van der Waals surface area contributed by atoms with E-state index in [1.54, 1.807) is 6.92 Å². The molecule has 1 aromatic carbocycles. The van der Waals surface area contributed by atoms with Gasteiger partial charge in [-0.3, -0.25) is 4.79 Å². The zero-order valence-corrected chi connectivity index (χ0v) is 9.90. The van der Waals surface area contributed by atoms with Crippen LogP contribution in [-0.2, 0) is 11.2 Å². The summed E-state index contributed by atoms with van der Waals surface area (Å²) in [7, 11) is 0. The molecular weight excluding hydrogens is 218 g/mol. The zero-order chi connectivity index (χ0) is 12.3. The summed E-state index contributed by atoms with van der Waals surface area (Å²) in [6.45, 7) is 2.24. The lowest BCUT2D eigenvalue weighted by atomic mass is 10.0. The molecule has 1 aliphatic rings. The molecule has 1 unspecified atom stereocenters. The Labute approximate surface area is 101 Å². The van der Waals surface area contributed by atoms with Crippen molar-refractivity contribution in [2.75, 3.05) is 11.9 Å². The molecule has 17 heavy (non-hydrogen) atoms. The van der Waals surface area contributed by atoms with E-state index in [1.165, 1.54) is 0 Å². The van der Waals surface area contributed by atoms with Crippen LogP contribution in [0.4, 0.5) is 5.69 Å². The van der Waals surface area contributed by atoms with Gasteiger partial charge in [-0.15, -0.1) is 0 Å². The minimum atomic E-state index is -0.341. The molecule has 2 N–H and O–H groups in total. The number of aliphatic hydroxyl groups is 1. The van der Waals surface area contributed by atoms with E-state index >= 15 is 0 Å². The first-order chi connectivity index (χ1) is 8.15. The maximum atomic E-state index is 11.2. The molecule has 0 saturated heterocycles. The number of hydrogen-bond acceptors (Lipinski definition) is 3. The fraction of sp³-hybridized carbons (Fsp3) is 0.462. The van der Waals surface area contributed by atoms with Crippen molar-refractivity contribution in [3.05, 3.63) is 23.8 Å². The van der Waals surface area contributed by atoms with Crippen molar-refractivity contribution in [1.82, 2.24) is 0 Å². The summed E-state index contributed by atoms with van der Waals surface area (Å²) in [6.07, 6.45) is 1.57. The van der Waals surface area contributed by atoms with Crippen molar-refractivity contribution < 1.29 is 14.6 Å². The van der Waals surface area contributed by atoms with Crippen molar-refractivity contribution in [1.29, 1.82) is 0 Å². The molecule has 2 rings (SSSR count). The third-order valence-electron chi connectivity index (χ3n) is 2.78. The Bertz CT molecular complexity index is 415. The Morgan fingerprint density at radius 3 is 3.06 bits per heavy atom. The number of ether oxygens (including phenoxy) is 1. The third kappa shape index (κ3) is 3.20. The summed E-state index contributed by atoms with van der Waals surface area (Å²) in [4.78, 5) is 11.2. The Morgan fingerprint density at radius 1 is 1.47 bits per heavy atom. The Morgan fingerprint density at radius 2 is 2.29 bits per heavy atom. The molecule has 0 fully saturated rings. The molecule has 0 aromatic heterocycles. The van der Waals surface area contributed by atoms with Gasteiger partial charge < -0.3 is 15.2 Å². The smallest absolute Gasteiger partial charge is 0.224 e. The van der Waals surface area contributed by atoms with E-state index in [1.807, 2.05) is 18.2 Å². The van der Waals surface area contributed by atoms with Crippen LogP contribution in [-0.4, -0.2) is 23.7 Å². The number of aliphatic hydroxyl groups excluding tert-OH is 1. The molecule has 4 nitrogen and oxygen atoms in total. The van der Waals surface area contributed by atoms with E-state index in [2.05, 4.69) is 5.32 Å². The first-order valence-corrected chi connectivity index (χ1v) is 5.89. The summed E-state index contributed by atoms with van der Waals surface area (Å²) in [6, 6.07) is 5.66. The number of benzene rings is 1. The minimum absolute atomic E-state index is 0.0697. The SMILES string of the molecule is CC(O)CCOc1ccc2c(c1)CCC(=O)N2. The molecule has 1 atom stereocenters.